The van der Waals surface area contributed by atoms with Crippen molar-refractivity contribution >= 4 is 5.91 Å². The van der Waals surface area contributed by atoms with Crippen LogP contribution in [-0.4, -0.2) is 55.1 Å². The Kier molecular flexibility index (Phi) is 4.90. The van der Waals surface area contributed by atoms with Gasteiger partial charge < -0.3 is 14.4 Å². The van der Waals surface area contributed by atoms with Crippen LogP contribution in [0, 0.1) is 0 Å². The summed E-state index contributed by atoms with van der Waals surface area (Å²) in [6, 6.07) is 10.6. The summed E-state index contributed by atoms with van der Waals surface area (Å²) in [7, 11) is 3.23. The van der Waals surface area contributed by atoms with E-state index < -0.39 is 17.6 Å². The molecule has 0 spiro atoms. The summed E-state index contributed by atoms with van der Waals surface area (Å²) in [4.78, 5) is 16.5. The number of fused-ring (bicyclic) bond motifs is 2. The monoisotopic (exact) mass is 406 g/mol. The first kappa shape index (κ1) is 19.6. The van der Waals surface area contributed by atoms with Gasteiger partial charge in [0.2, 0.25) is 0 Å². The largest absolute Gasteiger partial charge is 0.497 e. The zero-order valence-corrected chi connectivity index (χ0v) is 16.1. The van der Waals surface area contributed by atoms with Gasteiger partial charge in [-0.1, -0.05) is 12.1 Å². The van der Waals surface area contributed by atoms with Crippen molar-refractivity contribution in [2.45, 2.75) is 24.9 Å². The van der Waals surface area contributed by atoms with Gasteiger partial charge in [0.15, 0.2) is 0 Å². The normalized spacial score (nSPS) is 22.0. The third kappa shape index (κ3) is 3.76. The molecule has 0 aliphatic carbocycles. The predicted octanol–water partition coefficient (Wildman–Crippen LogP) is 3.43. The van der Waals surface area contributed by atoms with E-state index in [1.807, 2.05) is 24.3 Å². The third-order valence-electron chi connectivity index (χ3n) is 5.49. The highest BCUT2D eigenvalue weighted by atomic mass is 19.4. The van der Waals surface area contributed by atoms with Gasteiger partial charge in [-0.05, 0) is 35.9 Å². The molecule has 0 N–H and O–H groups in total. The molecule has 8 heteroatoms. The van der Waals surface area contributed by atoms with Crippen LogP contribution < -0.4 is 9.47 Å². The Labute approximate surface area is 166 Å². The average Bonchev–Trinajstić information content (AvgIpc) is 3.04. The van der Waals surface area contributed by atoms with Crippen LogP contribution in [0.2, 0.25) is 0 Å². The third-order valence-corrected chi connectivity index (χ3v) is 5.49. The average molecular weight is 406 g/mol. The van der Waals surface area contributed by atoms with Gasteiger partial charge in [-0.25, -0.2) is 0 Å². The van der Waals surface area contributed by atoms with E-state index in [9.17, 15) is 18.0 Å². The second kappa shape index (κ2) is 7.26. The van der Waals surface area contributed by atoms with Gasteiger partial charge in [0.05, 0.1) is 24.3 Å². The summed E-state index contributed by atoms with van der Waals surface area (Å²) >= 11 is 0. The Hall–Kier alpha value is -2.74. The van der Waals surface area contributed by atoms with E-state index in [-0.39, 0.29) is 23.5 Å². The first-order valence-corrected chi connectivity index (χ1v) is 9.26. The van der Waals surface area contributed by atoms with E-state index in [1.54, 1.807) is 14.2 Å². The number of halogens is 3. The van der Waals surface area contributed by atoms with Gasteiger partial charge in [-0.2, -0.15) is 13.2 Å². The molecule has 4 rings (SSSR count). The van der Waals surface area contributed by atoms with Gasteiger partial charge in [-0.3, -0.25) is 9.69 Å². The Morgan fingerprint density at radius 3 is 2.69 bits per heavy atom. The van der Waals surface area contributed by atoms with Crippen molar-refractivity contribution < 1.29 is 27.4 Å². The quantitative estimate of drug-likeness (QED) is 0.783. The lowest BCUT2D eigenvalue weighted by molar-refractivity contribution is -0.137. The number of ether oxygens (including phenoxy) is 2. The zero-order valence-electron chi connectivity index (χ0n) is 16.1. The molecule has 0 aromatic heterocycles. The molecule has 1 amide bonds. The van der Waals surface area contributed by atoms with Crippen molar-refractivity contribution in [3.05, 3.63) is 59.2 Å². The number of likely N-dealkylation sites (N-methyl/N-ethyl adjacent to an activating group) is 1. The molecule has 2 aliphatic rings. The van der Waals surface area contributed by atoms with Crippen molar-refractivity contribution in [1.29, 1.82) is 0 Å². The summed E-state index contributed by atoms with van der Waals surface area (Å²) in [5.74, 6) is 0.515. The molecule has 5 nitrogen and oxygen atoms in total. The Morgan fingerprint density at radius 1 is 1.17 bits per heavy atom. The van der Waals surface area contributed by atoms with Crippen molar-refractivity contribution in [2.75, 3.05) is 27.2 Å². The van der Waals surface area contributed by atoms with Crippen molar-refractivity contribution in [3.63, 3.8) is 0 Å². The van der Waals surface area contributed by atoms with Gasteiger partial charge in [0.25, 0.3) is 5.91 Å². The maximum absolute atomic E-state index is 13.0. The van der Waals surface area contributed by atoms with Crippen LogP contribution in [0.4, 0.5) is 13.2 Å². The SMILES string of the molecule is COc1cccc(CN2CC3Oc4ccc(C(F)(F)F)cc4C(=O)N(C)C3C2)c1. The van der Waals surface area contributed by atoms with E-state index >= 15 is 0 Å². The molecule has 2 aliphatic heterocycles. The predicted molar refractivity (Wildman–Crippen MR) is 100 cm³/mol. The molecule has 2 aromatic carbocycles. The molecule has 1 saturated heterocycles. The molecular formula is C21H21F3N2O3. The number of carbonyl (C=O) groups is 1. The zero-order chi connectivity index (χ0) is 20.8. The van der Waals surface area contributed by atoms with Gasteiger partial charge in [-0.15, -0.1) is 0 Å². The summed E-state index contributed by atoms with van der Waals surface area (Å²) in [5, 5.41) is 0. The number of nitrogens with zero attached hydrogens (tertiary/aromatic N) is 2. The molecule has 2 heterocycles. The smallest absolute Gasteiger partial charge is 0.416 e. The minimum Gasteiger partial charge on any atom is -0.497 e. The molecule has 2 aromatic rings. The number of methoxy groups -OCH3 is 1. The van der Waals surface area contributed by atoms with Gasteiger partial charge >= 0.3 is 6.18 Å². The molecule has 1 fully saturated rings. The number of rotatable bonds is 3. The van der Waals surface area contributed by atoms with Crippen LogP contribution in [-0.2, 0) is 12.7 Å². The minimum atomic E-state index is -4.51. The second-order valence-corrected chi connectivity index (χ2v) is 7.39. The number of alkyl halides is 3. The van der Waals surface area contributed by atoms with E-state index in [4.69, 9.17) is 9.47 Å². The van der Waals surface area contributed by atoms with Gasteiger partial charge in [0.1, 0.15) is 17.6 Å². The Bertz CT molecular complexity index is 932. The summed E-state index contributed by atoms with van der Waals surface area (Å²) in [6.45, 7) is 1.81. The fraction of sp³-hybridized carbons (Fsp3) is 0.381. The van der Waals surface area contributed by atoms with Crippen LogP contribution >= 0.6 is 0 Å². The number of hydrogen-bond donors (Lipinski definition) is 0. The molecule has 2 atom stereocenters. The molecular weight excluding hydrogens is 385 g/mol. The highest BCUT2D eigenvalue weighted by molar-refractivity contribution is 5.97. The Morgan fingerprint density at radius 2 is 1.97 bits per heavy atom. The summed E-state index contributed by atoms with van der Waals surface area (Å²) in [6.07, 6.45) is -4.82. The fourth-order valence-corrected chi connectivity index (χ4v) is 3.96. The molecule has 154 valence electrons. The standard InChI is InChI=1S/C21H21F3N2O3/c1-25-17-11-26(10-13-4-3-5-15(8-13)28-2)12-19(17)29-18-7-6-14(21(22,23)24)9-16(18)20(25)27/h3-9,17,19H,10-12H2,1-2H3. The molecule has 2 unspecified atom stereocenters. The van der Waals surface area contributed by atoms with E-state index in [2.05, 4.69) is 4.90 Å². The minimum absolute atomic E-state index is 0.0453. The molecule has 29 heavy (non-hydrogen) atoms. The maximum atomic E-state index is 13.0. The topological polar surface area (TPSA) is 42.0 Å². The molecule has 0 saturated carbocycles. The van der Waals surface area contributed by atoms with Crippen LogP contribution in [0.15, 0.2) is 42.5 Å². The van der Waals surface area contributed by atoms with Crippen molar-refractivity contribution in [1.82, 2.24) is 9.80 Å². The van der Waals surface area contributed by atoms with E-state index in [1.165, 1.54) is 11.0 Å². The molecule has 0 bridgehead atoms. The summed E-state index contributed by atoms with van der Waals surface area (Å²) in [5.41, 5.74) is 0.175. The number of benzene rings is 2. The maximum Gasteiger partial charge on any atom is 0.416 e. The number of hydrogen-bond acceptors (Lipinski definition) is 4. The lowest BCUT2D eigenvalue weighted by Crippen LogP contribution is -2.44. The number of likely N-dealkylation sites (tertiary alicyclic amines) is 1. The van der Waals surface area contributed by atoms with Crippen molar-refractivity contribution in [2.24, 2.45) is 0 Å². The highest BCUT2D eigenvalue weighted by Crippen LogP contribution is 2.36. The first-order valence-electron chi connectivity index (χ1n) is 9.26. The lowest BCUT2D eigenvalue weighted by Gasteiger charge is -2.25. The molecule has 0 radical (unpaired) electrons. The van der Waals surface area contributed by atoms with E-state index in [0.29, 0.717) is 19.6 Å². The fourth-order valence-electron chi connectivity index (χ4n) is 3.96. The first-order chi connectivity index (χ1) is 13.8. The highest BCUT2D eigenvalue weighted by Gasteiger charge is 2.43. The second-order valence-electron chi connectivity index (χ2n) is 7.39. The van der Waals surface area contributed by atoms with Crippen LogP contribution in [0.1, 0.15) is 21.5 Å². The van der Waals surface area contributed by atoms with E-state index in [0.717, 1.165) is 23.4 Å². The van der Waals surface area contributed by atoms with Crippen molar-refractivity contribution in [3.8, 4) is 11.5 Å². The lowest BCUT2D eigenvalue weighted by atomic mass is 10.1. The number of carbonyl (C=O) groups excluding carboxylic acids is 1. The van der Waals surface area contributed by atoms with Crippen LogP contribution in [0.5, 0.6) is 11.5 Å². The Balaban J connectivity index is 1.56. The van der Waals surface area contributed by atoms with Crippen LogP contribution in [0.25, 0.3) is 0 Å². The van der Waals surface area contributed by atoms with Gasteiger partial charge in [0, 0.05) is 26.7 Å². The number of amides is 1. The van der Waals surface area contributed by atoms with Crippen LogP contribution in [0.3, 0.4) is 0 Å². The summed E-state index contributed by atoms with van der Waals surface area (Å²) < 4.78 is 50.4.